The Morgan fingerprint density at radius 2 is 2.05 bits per heavy atom. The summed E-state index contributed by atoms with van der Waals surface area (Å²) >= 11 is 0. The van der Waals surface area contributed by atoms with Crippen molar-refractivity contribution in [3.05, 3.63) is 41.7 Å². The van der Waals surface area contributed by atoms with Crippen LogP contribution in [0.1, 0.15) is 25.2 Å². The summed E-state index contributed by atoms with van der Waals surface area (Å²) in [6, 6.07) is 9.53. The van der Waals surface area contributed by atoms with Crippen LogP contribution in [0, 0.1) is 0 Å². The topological polar surface area (TPSA) is 62.6 Å². The highest BCUT2D eigenvalue weighted by Crippen LogP contribution is 2.30. The quantitative estimate of drug-likeness (QED) is 0.927. The van der Waals surface area contributed by atoms with Crippen molar-refractivity contribution >= 4 is 17.5 Å². The van der Waals surface area contributed by atoms with Crippen LogP contribution < -0.4 is 5.32 Å². The molecule has 0 spiro atoms. The molecule has 0 saturated heterocycles. The summed E-state index contributed by atoms with van der Waals surface area (Å²) in [5, 5.41) is 2.77. The second-order valence-electron chi connectivity index (χ2n) is 5.51. The number of benzene rings is 1. The van der Waals surface area contributed by atoms with Crippen molar-refractivity contribution in [1.29, 1.82) is 0 Å². The van der Waals surface area contributed by atoms with Crippen LogP contribution >= 0.6 is 0 Å². The number of amides is 2. The van der Waals surface area contributed by atoms with E-state index in [1.54, 1.807) is 6.92 Å². The van der Waals surface area contributed by atoms with Crippen LogP contribution in [0.5, 0.6) is 0 Å². The molecular formula is C17H18N2O3. The molecule has 1 aliphatic rings. The van der Waals surface area contributed by atoms with Gasteiger partial charge in [0, 0.05) is 50.2 Å². The van der Waals surface area contributed by atoms with Crippen LogP contribution in [-0.2, 0) is 22.6 Å². The van der Waals surface area contributed by atoms with E-state index >= 15 is 0 Å². The first-order valence-corrected chi connectivity index (χ1v) is 7.28. The van der Waals surface area contributed by atoms with Crippen LogP contribution in [0.25, 0.3) is 11.3 Å². The van der Waals surface area contributed by atoms with Gasteiger partial charge in [0.05, 0.1) is 0 Å². The molecule has 5 heteroatoms. The minimum Gasteiger partial charge on any atom is -0.461 e. The fourth-order valence-electron chi connectivity index (χ4n) is 2.70. The molecule has 0 fully saturated rings. The van der Waals surface area contributed by atoms with E-state index in [0.29, 0.717) is 13.1 Å². The molecule has 1 aromatic carbocycles. The molecule has 0 saturated carbocycles. The first-order valence-electron chi connectivity index (χ1n) is 7.28. The van der Waals surface area contributed by atoms with Crippen LogP contribution in [0.2, 0.25) is 0 Å². The molecule has 0 unspecified atom stereocenters. The highest BCUT2D eigenvalue weighted by atomic mass is 16.3. The number of anilines is 1. The van der Waals surface area contributed by atoms with Gasteiger partial charge in [0.1, 0.15) is 11.5 Å². The Balaban J connectivity index is 1.88. The number of rotatable bonds is 2. The molecule has 0 bridgehead atoms. The third-order valence-electron chi connectivity index (χ3n) is 3.78. The Labute approximate surface area is 128 Å². The van der Waals surface area contributed by atoms with Crippen molar-refractivity contribution in [1.82, 2.24) is 4.90 Å². The fraction of sp³-hybridized carbons (Fsp3) is 0.294. The summed E-state index contributed by atoms with van der Waals surface area (Å²) in [5.41, 5.74) is 2.71. The molecule has 0 atom stereocenters. The highest BCUT2D eigenvalue weighted by Gasteiger charge is 2.22. The van der Waals surface area contributed by atoms with E-state index in [4.69, 9.17) is 4.42 Å². The number of hydrogen-bond acceptors (Lipinski definition) is 3. The van der Waals surface area contributed by atoms with Gasteiger partial charge >= 0.3 is 0 Å². The van der Waals surface area contributed by atoms with E-state index in [2.05, 4.69) is 5.32 Å². The Kier molecular flexibility index (Phi) is 3.71. The van der Waals surface area contributed by atoms with Crippen LogP contribution in [-0.4, -0.2) is 23.3 Å². The van der Waals surface area contributed by atoms with Crippen molar-refractivity contribution in [2.75, 3.05) is 11.9 Å². The van der Waals surface area contributed by atoms with E-state index in [1.165, 1.54) is 6.92 Å². The standard InChI is InChI=1S/C17H18N2O3/c1-11(20)18-15-5-3-4-13(8-15)17-9-14-10-19(12(2)21)7-6-16(14)22-17/h3-5,8-9H,6-7,10H2,1-2H3,(H,18,20). The zero-order chi connectivity index (χ0) is 15.7. The van der Waals surface area contributed by atoms with Gasteiger partial charge in [-0.05, 0) is 18.2 Å². The van der Waals surface area contributed by atoms with Gasteiger partial charge in [0.15, 0.2) is 0 Å². The third-order valence-corrected chi connectivity index (χ3v) is 3.78. The zero-order valence-corrected chi connectivity index (χ0v) is 12.7. The van der Waals surface area contributed by atoms with Crippen molar-refractivity contribution in [2.45, 2.75) is 26.8 Å². The average molecular weight is 298 g/mol. The maximum atomic E-state index is 11.5. The average Bonchev–Trinajstić information content (AvgIpc) is 2.89. The number of furan rings is 1. The molecule has 114 valence electrons. The van der Waals surface area contributed by atoms with Crippen molar-refractivity contribution in [2.24, 2.45) is 0 Å². The highest BCUT2D eigenvalue weighted by molar-refractivity contribution is 5.89. The van der Waals surface area contributed by atoms with Crippen molar-refractivity contribution < 1.29 is 14.0 Å². The van der Waals surface area contributed by atoms with E-state index < -0.39 is 0 Å². The molecule has 2 amide bonds. The van der Waals surface area contributed by atoms with Crippen LogP contribution in [0.4, 0.5) is 5.69 Å². The largest absolute Gasteiger partial charge is 0.461 e. The summed E-state index contributed by atoms with van der Waals surface area (Å²) in [6.45, 7) is 4.36. The Bertz CT molecular complexity index is 733. The second-order valence-corrected chi connectivity index (χ2v) is 5.51. The van der Waals surface area contributed by atoms with E-state index in [9.17, 15) is 9.59 Å². The SMILES string of the molecule is CC(=O)Nc1cccc(-c2cc3c(o2)CCN(C(C)=O)C3)c1. The Morgan fingerprint density at radius 1 is 1.23 bits per heavy atom. The number of nitrogens with zero attached hydrogens (tertiary/aromatic N) is 1. The maximum Gasteiger partial charge on any atom is 0.221 e. The van der Waals surface area contributed by atoms with Gasteiger partial charge < -0.3 is 14.6 Å². The van der Waals surface area contributed by atoms with Crippen LogP contribution in [0.3, 0.4) is 0 Å². The van der Waals surface area contributed by atoms with Gasteiger partial charge in [-0.3, -0.25) is 9.59 Å². The minimum absolute atomic E-state index is 0.0843. The molecule has 3 rings (SSSR count). The normalized spacial score (nSPS) is 13.6. The van der Waals surface area contributed by atoms with Gasteiger partial charge in [-0.15, -0.1) is 0 Å². The lowest BCUT2D eigenvalue weighted by Gasteiger charge is -2.24. The number of nitrogens with one attached hydrogen (secondary N) is 1. The summed E-state index contributed by atoms with van der Waals surface area (Å²) in [4.78, 5) is 24.5. The molecule has 1 aliphatic heterocycles. The lowest BCUT2D eigenvalue weighted by molar-refractivity contribution is -0.129. The second kappa shape index (κ2) is 5.67. The molecule has 0 aliphatic carbocycles. The molecule has 1 N–H and O–H groups in total. The van der Waals surface area contributed by atoms with Gasteiger partial charge in [-0.25, -0.2) is 0 Å². The predicted molar refractivity (Wildman–Crippen MR) is 83.2 cm³/mol. The van der Waals surface area contributed by atoms with Crippen LogP contribution in [0.15, 0.2) is 34.7 Å². The zero-order valence-electron chi connectivity index (χ0n) is 12.7. The first-order chi connectivity index (χ1) is 10.5. The van der Waals surface area contributed by atoms with Gasteiger partial charge in [0.2, 0.25) is 11.8 Å². The minimum atomic E-state index is -0.104. The Hall–Kier alpha value is -2.56. The number of carbonyl (C=O) groups is 2. The number of carbonyl (C=O) groups excluding carboxylic acids is 2. The summed E-state index contributed by atoms with van der Waals surface area (Å²) in [6.07, 6.45) is 0.736. The van der Waals surface area contributed by atoms with Gasteiger partial charge in [-0.2, -0.15) is 0 Å². The van der Waals surface area contributed by atoms with Gasteiger partial charge in [-0.1, -0.05) is 12.1 Å². The molecule has 5 nitrogen and oxygen atoms in total. The van der Waals surface area contributed by atoms with Crippen molar-refractivity contribution in [3.63, 3.8) is 0 Å². The molecule has 2 aromatic rings. The summed E-state index contributed by atoms with van der Waals surface area (Å²) in [5.74, 6) is 1.69. The molecular weight excluding hydrogens is 280 g/mol. The smallest absolute Gasteiger partial charge is 0.221 e. The monoisotopic (exact) mass is 298 g/mol. The number of fused-ring (bicyclic) bond motifs is 1. The molecule has 22 heavy (non-hydrogen) atoms. The first kappa shape index (κ1) is 14.4. The summed E-state index contributed by atoms with van der Waals surface area (Å²) < 4.78 is 5.93. The predicted octanol–water partition coefficient (Wildman–Crippen LogP) is 2.81. The number of hydrogen-bond donors (Lipinski definition) is 1. The lowest BCUT2D eigenvalue weighted by atomic mass is 10.1. The molecule has 1 aromatic heterocycles. The summed E-state index contributed by atoms with van der Waals surface area (Å²) in [7, 11) is 0. The maximum absolute atomic E-state index is 11.5. The molecule has 0 radical (unpaired) electrons. The van der Waals surface area contributed by atoms with Gasteiger partial charge in [0.25, 0.3) is 0 Å². The van der Waals surface area contributed by atoms with E-state index in [0.717, 1.165) is 34.8 Å². The Morgan fingerprint density at radius 3 is 2.77 bits per heavy atom. The fourth-order valence-corrected chi connectivity index (χ4v) is 2.70. The third kappa shape index (κ3) is 2.88. The van der Waals surface area contributed by atoms with Crippen molar-refractivity contribution in [3.8, 4) is 11.3 Å². The molecule has 2 heterocycles. The van der Waals surface area contributed by atoms with E-state index in [1.807, 2.05) is 35.2 Å². The lowest BCUT2D eigenvalue weighted by Crippen LogP contribution is -2.33. The van der Waals surface area contributed by atoms with E-state index in [-0.39, 0.29) is 11.8 Å².